The van der Waals surface area contributed by atoms with Crippen molar-refractivity contribution in [1.82, 2.24) is 10.6 Å². The van der Waals surface area contributed by atoms with Crippen LogP contribution >= 0.6 is 0 Å². The average molecular weight is 212 g/mol. The van der Waals surface area contributed by atoms with Gasteiger partial charge in [-0.25, -0.2) is 8.78 Å². The van der Waals surface area contributed by atoms with E-state index in [1.54, 1.807) is 0 Å². The van der Waals surface area contributed by atoms with E-state index in [2.05, 4.69) is 10.6 Å². The Morgan fingerprint density at radius 1 is 1.20 bits per heavy atom. The molecule has 0 saturated carbocycles. The van der Waals surface area contributed by atoms with Crippen molar-refractivity contribution in [2.45, 2.75) is 6.04 Å². The molecule has 1 fully saturated rings. The number of carbonyl (C=O) groups is 1. The van der Waals surface area contributed by atoms with Crippen molar-refractivity contribution in [2.24, 2.45) is 0 Å². The monoisotopic (exact) mass is 212 g/mol. The van der Waals surface area contributed by atoms with Crippen LogP contribution in [0.3, 0.4) is 0 Å². The minimum atomic E-state index is -0.931. The second-order valence-electron chi connectivity index (χ2n) is 3.31. The topological polar surface area (TPSA) is 41.1 Å². The first-order valence-corrected chi connectivity index (χ1v) is 4.65. The van der Waals surface area contributed by atoms with Crippen molar-refractivity contribution >= 4 is 5.91 Å². The van der Waals surface area contributed by atoms with E-state index in [4.69, 9.17) is 0 Å². The number of piperazine rings is 1. The summed E-state index contributed by atoms with van der Waals surface area (Å²) in [4.78, 5) is 11.4. The molecule has 1 atom stereocenters. The maximum absolute atomic E-state index is 13.3. The molecule has 3 nitrogen and oxygen atoms in total. The van der Waals surface area contributed by atoms with Crippen LogP contribution in [0.5, 0.6) is 0 Å². The maximum atomic E-state index is 13.3. The molecule has 1 saturated heterocycles. The molecule has 2 N–H and O–H groups in total. The number of hydrogen-bond donors (Lipinski definition) is 2. The van der Waals surface area contributed by atoms with E-state index < -0.39 is 23.6 Å². The lowest BCUT2D eigenvalue weighted by Gasteiger charge is -2.24. The summed E-state index contributed by atoms with van der Waals surface area (Å²) >= 11 is 0. The maximum Gasteiger partial charge on any atom is 0.242 e. The van der Waals surface area contributed by atoms with Gasteiger partial charge in [0.05, 0.1) is 0 Å². The minimum absolute atomic E-state index is 0.213. The molecule has 1 aromatic rings. The molecule has 80 valence electrons. The lowest BCUT2D eigenvalue weighted by atomic mass is 10.0. The van der Waals surface area contributed by atoms with Crippen molar-refractivity contribution in [3.63, 3.8) is 0 Å². The fraction of sp³-hybridized carbons (Fsp3) is 0.300. The van der Waals surface area contributed by atoms with Gasteiger partial charge in [0.2, 0.25) is 5.91 Å². The van der Waals surface area contributed by atoms with Crippen LogP contribution in [0.25, 0.3) is 0 Å². The molecule has 5 heteroatoms. The Hall–Kier alpha value is -1.49. The van der Waals surface area contributed by atoms with Gasteiger partial charge < -0.3 is 10.6 Å². The quantitative estimate of drug-likeness (QED) is 0.720. The zero-order chi connectivity index (χ0) is 10.8. The molecule has 1 aliphatic heterocycles. The zero-order valence-electron chi connectivity index (χ0n) is 7.89. The molecule has 15 heavy (non-hydrogen) atoms. The molecule has 0 aliphatic carbocycles. The van der Waals surface area contributed by atoms with Crippen LogP contribution in [0.1, 0.15) is 11.6 Å². The highest BCUT2D eigenvalue weighted by Gasteiger charge is 2.28. The van der Waals surface area contributed by atoms with Gasteiger partial charge in [-0.3, -0.25) is 4.79 Å². The largest absolute Gasteiger partial charge is 0.353 e. The van der Waals surface area contributed by atoms with E-state index in [9.17, 15) is 13.6 Å². The highest BCUT2D eigenvalue weighted by atomic mass is 19.1. The summed E-state index contributed by atoms with van der Waals surface area (Å²) in [6.45, 7) is 0.982. The number of carbonyl (C=O) groups excluding carboxylic acids is 1. The summed E-state index contributed by atoms with van der Waals surface area (Å²) < 4.78 is 26.7. The molecule has 0 unspecified atom stereocenters. The molecule has 1 amide bonds. The van der Waals surface area contributed by atoms with Crippen LogP contribution in [0, 0.1) is 11.6 Å². The van der Waals surface area contributed by atoms with Crippen molar-refractivity contribution in [2.75, 3.05) is 13.1 Å². The third-order valence-electron chi connectivity index (χ3n) is 2.32. The van der Waals surface area contributed by atoms with Crippen molar-refractivity contribution in [1.29, 1.82) is 0 Å². The Morgan fingerprint density at radius 3 is 2.47 bits per heavy atom. The van der Waals surface area contributed by atoms with Gasteiger partial charge in [0.1, 0.15) is 17.7 Å². The highest BCUT2D eigenvalue weighted by Crippen LogP contribution is 2.21. The van der Waals surface area contributed by atoms with E-state index in [0.29, 0.717) is 13.1 Å². The number of rotatable bonds is 1. The van der Waals surface area contributed by atoms with Crippen molar-refractivity contribution < 1.29 is 13.6 Å². The molecule has 1 aromatic carbocycles. The van der Waals surface area contributed by atoms with E-state index in [-0.39, 0.29) is 5.56 Å². The SMILES string of the molecule is O=C1NCCN[C@H]1c1c(F)cccc1F. The Bertz CT molecular complexity index is 375. The highest BCUT2D eigenvalue weighted by molar-refractivity contribution is 5.84. The predicted molar refractivity (Wildman–Crippen MR) is 50.1 cm³/mol. The first-order chi connectivity index (χ1) is 7.20. The molecule has 1 heterocycles. The molecule has 0 spiro atoms. The van der Waals surface area contributed by atoms with Crippen LogP contribution in [-0.4, -0.2) is 19.0 Å². The van der Waals surface area contributed by atoms with Gasteiger partial charge in [-0.2, -0.15) is 0 Å². The predicted octanol–water partition coefficient (Wildman–Crippen LogP) is 0.725. The van der Waals surface area contributed by atoms with E-state index in [1.165, 1.54) is 6.07 Å². The third-order valence-corrected chi connectivity index (χ3v) is 2.32. The number of amides is 1. The number of halogens is 2. The van der Waals surface area contributed by atoms with Crippen LogP contribution in [0.4, 0.5) is 8.78 Å². The minimum Gasteiger partial charge on any atom is -0.353 e. The van der Waals surface area contributed by atoms with E-state index >= 15 is 0 Å². The molecule has 0 bridgehead atoms. The lowest BCUT2D eigenvalue weighted by molar-refractivity contribution is -0.124. The molecular formula is C10H10F2N2O. The number of hydrogen-bond acceptors (Lipinski definition) is 2. The summed E-state index contributed by atoms with van der Waals surface area (Å²) in [6, 6.07) is 2.62. The molecule has 0 aromatic heterocycles. The van der Waals surface area contributed by atoms with E-state index in [0.717, 1.165) is 12.1 Å². The van der Waals surface area contributed by atoms with E-state index in [1.807, 2.05) is 0 Å². The fourth-order valence-corrected chi connectivity index (χ4v) is 1.62. The first kappa shape index (κ1) is 10.0. The standard InChI is InChI=1S/C10H10F2N2O/c11-6-2-1-3-7(12)8(6)9-10(15)14-5-4-13-9/h1-3,9,13H,4-5H2,(H,14,15)/t9-/m0/s1. The summed E-state index contributed by atoms with van der Waals surface area (Å²) in [5, 5.41) is 5.33. The van der Waals surface area contributed by atoms with Gasteiger partial charge in [-0.15, -0.1) is 0 Å². The summed E-state index contributed by atoms with van der Waals surface area (Å²) in [5.74, 6) is -1.81. The summed E-state index contributed by atoms with van der Waals surface area (Å²) in [6.07, 6.45) is 0. The Labute approximate surface area is 85.5 Å². The Morgan fingerprint density at radius 2 is 1.87 bits per heavy atom. The summed E-state index contributed by atoms with van der Waals surface area (Å²) in [5.41, 5.74) is -0.213. The normalized spacial score (nSPS) is 21.2. The van der Waals surface area contributed by atoms with Crippen LogP contribution in [0.2, 0.25) is 0 Å². The lowest BCUT2D eigenvalue weighted by Crippen LogP contribution is -2.47. The fourth-order valence-electron chi connectivity index (χ4n) is 1.62. The van der Waals surface area contributed by atoms with Gasteiger partial charge in [0.15, 0.2) is 0 Å². The Balaban J connectivity index is 2.39. The second-order valence-corrected chi connectivity index (χ2v) is 3.31. The van der Waals surface area contributed by atoms with Gasteiger partial charge in [-0.1, -0.05) is 6.07 Å². The van der Waals surface area contributed by atoms with Crippen LogP contribution < -0.4 is 10.6 Å². The second kappa shape index (κ2) is 3.94. The number of benzene rings is 1. The first-order valence-electron chi connectivity index (χ1n) is 4.65. The number of nitrogens with one attached hydrogen (secondary N) is 2. The van der Waals surface area contributed by atoms with Crippen LogP contribution in [0.15, 0.2) is 18.2 Å². The summed E-state index contributed by atoms with van der Waals surface area (Å²) in [7, 11) is 0. The average Bonchev–Trinajstić information content (AvgIpc) is 2.20. The van der Waals surface area contributed by atoms with Gasteiger partial charge in [-0.05, 0) is 12.1 Å². The van der Waals surface area contributed by atoms with Crippen molar-refractivity contribution in [3.05, 3.63) is 35.4 Å². The zero-order valence-corrected chi connectivity index (χ0v) is 7.89. The Kier molecular flexibility index (Phi) is 2.64. The molecule has 1 aliphatic rings. The third kappa shape index (κ3) is 1.83. The van der Waals surface area contributed by atoms with Gasteiger partial charge in [0, 0.05) is 18.7 Å². The van der Waals surface area contributed by atoms with Gasteiger partial charge in [0.25, 0.3) is 0 Å². The van der Waals surface area contributed by atoms with Crippen molar-refractivity contribution in [3.8, 4) is 0 Å². The molecule has 0 radical (unpaired) electrons. The molecule has 2 rings (SSSR count). The smallest absolute Gasteiger partial charge is 0.242 e. The molecular weight excluding hydrogens is 202 g/mol. The van der Waals surface area contributed by atoms with Gasteiger partial charge >= 0.3 is 0 Å². The van der Waals surface area contributed by atoms with Crippen LogP contribution in [-0.2, 0) is 4.79 Å².